The molecule has 11 heteroatoms. The Kier molecular flexibility index (Phi) is 5.71. The average Bonchev–Trinajstić information content (AvgIpc) is 2.76. The van der Waals surface area contributed by atoms with E-state index in [1.807, 2.05) is 0 Å². The molecular weight excluding hydrogens is 428 g/mol. The number of aliphatic hydroxyl groups is 5. The lowest BCUT2D eigenvalue weighted by atomic mass is 9.86. The quantitative estimate of drug-likeness (QED) is 0.285. The highest BCUT2D eigenvalue weighted by Gasteiger charge is 2.48. The van der Waals surface area contributed by atoms with Crippen LogP contribution in [-0.4, -0.2) is 83.8 Å². The molecule has 0 saturated carbocycles. The summed E-state index contributed by atoms with van der Waals surface area (Å²) < 4.78 is 11.0. The lowest BCUT2D eigenvalue weighted by Gasteiger charge is -2.41. The number of phenols is 3. The molecule has 0 unspecified atom stereocenters. The van der Waals surface area contributed by atoms with Crippen LogP contribution in [-0.2, 0) is 4.74 Å². The summed E-state index contributed by atoms with van der Waals surface area (Å²) in [5, 5.41) is 80.9. The molecule has 2 aliphatic heterocycles. The largest absolute Gasteiger partial charge is 0.508 e. The van der Waals surface area contributed by atoms with Gasteiger partial charge in [0.2, 0.25) is 5.78 Å². The monoisotopic (exact) mass is 450 g/mol. The van der Waals surface area contributed by atoms with E-state index in [2.05, 4.69) is 0 Å². The molecule has 2 heterocycles. The maximum Gasteiger partial charge on any atom is 0.202 e. The van der Waals surface area contributed by atoms with Gasteiger partial charge in [-0.05, 0) is 17.7 Å². The number of fused-ring (bicyclic) bond motifs is 1. The van der Waals surface area contributed by atoms with Gasteiger partial charge in [0.15, 0.2) is 12.2 Å². The first-order chi connectivity index (χ1) is 15.1. The first-order valence-electron chi connectivity index (χ1n) is 9.72. The topological polar surface area (TPSA) is 197 Å². The summed E-state index contributed by atoms with van der Waals surface area (Å²) >= 11 is 0. The average molecular weight is 450 g/mol. The van der Waals surface area contributed by atoms with Crippen LogP contribution in [0.4, 0.5) is 0 Å². The van der Waals surface area contributed by atoms with E-state index in [4.69, 9.17) is 9.47 Å². The lowest BCUT2D eigenvalue weighted by molar-refractivity contribution is -0.232. The molecule has 0 aromatic heterocycles. The maximum absolute atomic E-state index is 12.9. The fraction of sp³-hybridized carbons (Fsp3) is 0.381. The van der Waals surface area contributed by atoms with Crippen molar-refractivity contribution >= 4 is 5.78 Å². The van der Waals surface area contributed by atoms with Gasteiger partial charge in [0.25, 0.3) is 0 Å². The molecule has 172 valence electrons. The predicted molar refractivity (Wildman–Crippen MR) is 104 cm³/mol. The van der Waals surface area contributed by atoms with E-state index in [1.165, 1.54) is 24.3 Å². The minimum atomic E-state index is -1.82. The number of hydrogen-bond acceptors (Lipinski definition) is 11. The van der Waals surface area contributed by atoms with Crippen molar-refractivity contribution < 1.29 is 55.1 Å². The summed E-state index contributed by atoms with van der Waals surface area (Å²) in [6.07, 6.45) is -11.1. The zero-order valence-corrected chi connectivity index (χ0v) is 16.4. The SMILES string of the molecule is O=C1c2c(cc(O)c([C@@H]3O[C@H](CO)[C@@H](O)[C@H](O)[C@H]3O)c2O)O[C@H](c2ccc(O)cc2)[C@H]1O. The van der Waals surface area contributed by atoms with Crippen LogP contribution in [0.25, 0.3) is 0 Å². The van der Waals surface area contributed by atoms with Crippen LogP contribution >= 0.6 is 0 Å². The summed E-state index contributed by atoms with van der Waals surface area (Å²) in [6, 6.07) is 6.53. The Morgan fingerprint density at radius 2 is 1.53 bits per heavy atom. The highest BCUT2D eigenvalue weighted by Crippen LogP contribution is 2.49. The number of Topliss-reactive ketones (excluding diaryl/α,β-unsaturated/α-hetero) is 1. The lowest BCUT2D eigenvalue weighted by Crippen LogP contribution is -2.55. The molecule has 11 nitrogen and oxygen atoms in total. The number of ketones is 1. The number of rotatable bonds is 3. The Bertz CT molecular complexity index is 1020. The van der Waals surface area contributed by atoms with Crippen molar-refractivity contribution in [2.75, 3.05) is 6.61 Å². The van der Waals surface area contributed by atoms with Crippen molar-refractivity contribution in [1.82, 2.24) is 0 Å². The first kappa shape index (κ1) is 22.3. The summed E-state index contributed by atoms with van der Waals surface area (Å²) in [6.45, 7) is -0.733. The number of ether oxygens (including phenoxy) is 2. The molecule has 0 bridgehead atoms. The molecule has 32 heavy (non-hydrogen) atoms. The zero-order valence-electron chi connectivity index (χ0n) is 16.4. The van der Waals surface area contributed by atoms with Gasteiger partial charge in [0, 0.05) is 6.07 Å². The minimum Gasteiger partial charge on any atom is -0.508 e. The van der Waals surface area contributed by atoms with Gasteiger partial charge < -0.3 is 50.3 Å². The highest BCUT2D eigenvalue weighted by atomic mass is 16.5. The number of phenolic OH excluding ortho intramolecular Hbond substituents is 3. The van der Waals surface area contributed by atoms with Gasteiger partial charge in [-0.15, -0.1) is 0 Å². The summed E-state index contributed by atoms with van der Waals surface area (Å²) in [4.78, 5) is 12.9. The second-order valence-electron chi connectivity index (χ2n) is 7.72. The van der Waals surface area contributed by atoms with Gasteiger partial charge in [0.05, 0.1) is 12.2 Å². The zero-order chi connectivity index (χ0) is 23.3. The predicted octanol–water partition coefficient (Wildman–Crippen LogP) is -1.00. The van der Waals surface area contributed by atoms with Crippen LogP contribution < -0.4 is 4.74 Å². The minimum absolute atomic E-state index is 0.0368. The molecule has 2 aliphatic rings. The molecule has 2 aromatic carbocycles. The summed E-state index contributed by atoms with van der Waals surface area (Å²) in [5.74, 6) is -2.73. The van der Waals surface area contributed by atoms with Crippen molar-refractivity contribution in [2.24, 2.45) is 0 Å². The summed E-state index contributed by atoms with van der Waals surface area (Å²) in [7, 11) is 0. The Hall–Kier alpha value is -2.93. The molecule has 2 aromatic rings. The van der Waals surface area contributed by atoms with E-state index in [1.54, 1.807) is 0 Å². The van der Waals surface area contributed by atoms with Crippen molar-refractivity contribution in [3.05, 3.63) is 47.0 Å². The number of benzene rings is 2. The maximum atomic E-state index is 12.9. The Morgan fingerprint density at radius 1 is 0.875 bits per heavy atom. The van der Waals surface area contributed by atoms with Gasteiger partial charge in [-0.25, -0.2) is 0 Å². The normalized spacial score (nSPS) is 32.3. The fourth-order valence-corrected chi connectivity index (χ4v) is 4.00. The van der Waals surface area contributed by atoms with Crippen LogP contribution in [0.2, 0.25) is 0 Å². The van der Waals surface area contributed by atoms with Gasteiger partial charge in [-0.1, -0.05) is 12.1 Å². The number of carbonyl (C=O) groups is 1. The number of carbonyl (C=O) groups excluding carboxylic acids is 1. The van der Waals surface area contributed by atoms with Crippen molar-refractivity contribution in [3.63, 3.8) is 0 Å². The molecule has 0 radical (unpaired) electrons. The van der Waals surface area contributed by atoms with Crippen LogP contribution in [0, 0.1) is 0 Å². The van der Waals surface area contributed by atoms with Crippen LogP contribution in [0.5, 0.6) is 23.0 Å². The van der Waals surface area contributed by atoms with E-state index >= 15 is 0 Å². The van der Waals surface area contributed by atoms with E-state index in [0.717, 1.165) is 6.07 Å². The molecule has 8 N–H and O–H groups in total. The third-order valence-corrected chi connectivity index (χ3v) is 5.74. The van der Waals surface area contributed by atoms with E-state index in [-0.39, 0.29) is 11.5 Å². The van der Waals surface area contributed by atoms with Gasteiger partial charge >= 0.3 is 0 Å². The molecule has 0 aliphatic carbocycles. The van der Waals surface area contributed by atoms with E-state index < -0.39 is 77.7 Å². The van der Waals surface area contributed by atoms with Gasteiger partial charge in [-0.3, -0.25) is 4.79 Å². The second-order valence-corrected chi connectivity index (χ2v) is 7.72. The highest BCUT2D eigenvalue weighted by molar-refractivity contribution is 6.06. The third kappa shape index (κ3) is 3.45. The number of aromatic hydroxyl groups is 3. The molecule has 7 atom stereocenters. The van der Waals surface area contributed by atoms with Crippen LogP contribution in [0.3, 0.4) is 0 Å². The summed E-state index contributed by atoms with van der Waals surface area (Å²) in [5.41, 5.74) is -0.600. The Morgan fingerprint density at radius 3 is 2.16 bits per heavy atom. The second kappa shape index (κ2) is 8.20. The number of aliphatic hydroxyl groups excluding tert-OH is 5. The molecule has 0 spiro atoms. The van der Waals surface area contributed by atoms with Crippen LogP contribution in [0.1, 0.15) is 33.7 Å². The van der Waals surface area contributed by atoms with Crippen molar-refractivity contribution in [2.45, 2.75) is 42.7 Å². The molecule has 1 fully saturated rings. The third-order valence-electron chi connectivity index (χ3n) is 5.74. The van der Waals surface area contributed by atoms with Gasteiger partial charge in [0.1, 0.15) is 59.1 Å². The molecule has 1 saturated heterocycles. The van der Waals surface area contributed by atoms with E-state index in [9.17, 15) is 45.6 Å². The first-order valence-corrected chi connectivity index (χ1v) is 9.72. The van der Waals surface area contributed by atoms with Crippen molar-refractivity contribution in [1.29, 1.82) is 0 Å². The van der Waals surface area contributed by atoms with Crippen molar-refractivity contribution in [3.8, 4) is 23.0 Å². The van der Waals surface area contributed by atoms with E-state index in [0.29, 0.717) is 5.56 Å². The van der Waals surface area contributed by atoms with Crippen LogP contribution in [0.15, 0.2) is 30.3 Å². The standard InChI is InChI=1S/C21H22O11/c22-6-11-14(25)17(28)19(30)21(32-11)12-9(24)5-10-13(15(12)26)16(27)18(29)20(31-10)7-1-3-8(23)4-2-7/h1-5,11,14,17-26,28-30H,6H2/t11-,14-,17+,18+,19-,20-,21+/m1/s1. The Labute approximate surface area is 181 Å². The molecule has 4 rings (SSSR count). The molecule has 0 amide bonds. The smallest absolute Gasteiger partial charge is 0.202 e. The fourth-order valence-electron chi connectivity index (χ4n) is 4.00. The van der Waals surface area contributed by atoms with Gasteiger partial charge in [-0.2, -0.15) is 0 Å². The number of hydrogen-bond donors (Lipinski definition) is 8. The Balaban J connectivity index is 1.76. The molecular formula is C21H22O11.